The number of aliphatic imine (C=N–C) groups is 1. The molecule has 0 aliphatic carbocycles. The van der Waals surface area contributed by atoms with E-state index in [2.05, 4.69) is 55.3 Å². The molecular weight excluding hydrogens is 250 g/mol. The highest BCUT2D eigenvalue weighted by atomic mass is 15.3. The van der Waals surface area contributed by atoms with E-state index >= 15 is 0 Å². The highest BCUT2D eigenvalue weighted by Crippen LogP contribution is 2.12. The second-order valence-corrected chi connectivity index (χ2v) is 5.24. The van der Waals surface area contributed by atoms with Gasteiger partial charge in [0.25, 0.3) is 0 Å². The maximum absolute atomic E-state index is 4.65. The zero-order chi connectivity index (χ0) is 15.1. The van der Waals surface area contributed by atoms with E-state index in [1.807, 2.05) is 11.7 Å². The van der Waals surface area contributed by atoms with E-state index in [9.17, 15) is 0 Å². The van der Waals surface area contributed by atoms with Crippen LogP contribution in [0.4, 0.5) is 0 Å². The smallest absolute Gasteiger partial charge is 0.191 e. The summed E-state index contributed by atoms with van der Waals surface area (Å²) in [5.41, 5.74) is 3.66. The number of aromatic nitrogens is 2. The second-order valence-electron chi connectivity index (χ2n) is 5.24. The van der Waals surface area contributed by atoms with Crippen molar-refractivity contribution in [1.29, 1.82) is 0 Å². The molecule has 1 atom stereocenters. The lowest BCUT2D eigenvalue weighted by molar-refractivity contribution is 0.624. The van der Waals surface area contributed by atoms with Crippen molar-refractivity contribution in [3.63, 3.8) is 0 Å². The van der Waals surface area contributed by atoms with E-state index in [1.54, 1.807) is 0 Å². The molecule has 1 rings (SSSR count). The third kappa shape index (κ3) is 4.54. The lowest BCUT2D eigenvalue weighted by Crippen LogP contribution is -2.42. The minimum Gasteiger partial charge on any atom is -0.357 e. The molecule has 0 spiro atoms. The molecule has 1 heterocycles. The van der Waals surface area contributed by atoms with Crippen LogP contribution in [0.3, 0.4) is 0 Å². The first-order valence-electron chi connectivity index (χ1n) is 7.53. The molecule has 0 saturated carbocycles. The summed E-state index contributed by atoms with van der Waals surface area (Å²) >= 11 is 0. The highest BCUT2D eigenvalue weighted by Gasteiger charge is 2.09. The summed E-state index contributed by atoms with van der Waals surface area (Å²) < 4.78 is 1.94. The highest BCUT2D eigenvalue weighted by molar-refractivity contribution is 5.80. The predicted octanol–water partition coefficient (Wildman–Crippen LogP) is 1.93. The zero-order valence-corrected chi connectivity index (χ0v) is 13.7. The quantitative estimate of drug-likeness (QED) is 0.618. The van der Waals surface area contributed by atoms with Gasteiger partial charge in [0.05, 0.1) is 5.69 Å². The Kier molecular flexibility index (Phi) is 6.55. The van der Waals surface area contributed by atoms with Crippen LogP contribution in [0.25, 0.3) is 0 Å². The second kappa shape index (κ2) is 7.92. The molecule has 1 aromatic heterocycles. The molecule has 0 aliphatic heterocycles. The van der Waals surface area contributed by atoms with Crippen molar-refractivity contribution in [1.82, 2.24) is 20.4 Å². The standard InChI is InChI=1S/C15H29N5/c1-7-11(3)18-15(16-8-2)17-10-9-14-12(4)19-20(6)13(14)5/h11H,7-10H2,1-6H3,(H2,16,17,18). The molecule has 1 aromatic rings. The fraction of sp³-hybridized carbons (Fsp3) is 0.733. The molecule has 2 N–H and O–H groups in total. The van der Waals surface area contributed by atoms with Gasteiger partial charge in [-0.3, -0.25) is 9.67 Å². The van der Waals surface area contributed by atoms with Crippen molar-refractivity contribution in [3.8, 4) is 0 Å². The molecule has 0 bridgehead atoms. The maximum atomic E-state index is 4.65. The van der Waals surface area contributed by atoms with Crippen LogP contribution >= 0.6 is 0 Å². The summed E-state index contributed by atoms with van der Waals surface area (Å²) in [6.45, 7) is 12.3. The van der Waals surface area contributed by atoms with E-state index in [1.165, 1.54) is 11.3 Å². The first kappa shape index (κ1) is 16.5. The fourth-order valence-corrected chi connectivity index (χ4v) is 2.11. The Hall–Kier alpha value is -1.52. The van der Waals surface area contributed by atoms with Gasteiger partial charge in [0.2, 0.25) is 0 Å². The minimum atomic E-state index is 0.440. The Bertz CT molecular complexity index is 447. The summed E-state index contributed by atoms with van der Waals surface area (Å²) in [5.74, 6) is 0.904. The Balaban J connectivity index is 2.63. The third-order valence-corrected chi connectivity index (χ3v) is 3.63. The largest absolute Gasteiger partial charge is 0.357 e. The van der Waals surface area contributed by atoms with E-state index in [4.69, 9.17) is 0 Å². The van der Waals surface area contributed by atoms with Gasteiger partial charge in [0.15, 0.2) is 5.96 Å². The summed E-state index contributed by atoms with van der Waals surface area (Å²) in [4.78, 5) is 4.65. The lowest BCUT2D eigenvalue weighted by atomic mass is 10.1. The Morgan fingerprint density at radius 3 is 2.55 bits per heavy atom. The van der Waals surface area contributed by atoms with E-state index in [0.717, 1.165) is 37.6 Å². The van der Waals surface area contributed by atoms with Gasteiger partial charge < -0.3 is 10.6 Å². The number of guanidine groups is 1. The van der Waals surface area contributed by atoms with Crippen LogP contribution in [-0.4, -0.2) is 34.9 Å². The van der Waals surface area contributed by atoms with Gasteiger partial charge in [-0.1, -0.05) is 6.92 Å². The average Bonchev–Trinajstić information content (AvgIpc) is 2.65. The van der Waals surface area contributed by atoms with Crippen molar-refractivity contribution < 1.29 is 0 Å². The van der Waals surface area contributed by atoms with E-state index < -0.39 is 0 Å². The Morgan fingerprint density at radius 2 is 2.05 bits per heavy atom. The summed E-state index contributed by atoms with van der Waals surface area (Å²) in [6.07, 6.45) is 2.02. The van der Waals surface area contributed by atoms with E-state index in [0.29, 0.717) is 6.04 Å². The van der Waals surface area contributed by atoms with Gasteiger partial charge in [0, 0.05) is 31.9 Å². The topological polar surface area (TPSA) is 54.2 Å². The lowest BCUT2D eigenvalue weighted by Gasteiger charge is -2.16. The fourth-order valence-electron chi connectivity index (χ4n) is 2.11. The van der Waals surface area contributed by atoms with Crippen LogP contribution in [-0.2, 0) is 13.5 Å². The summed E-state index contributed by atoms with van der Waals surface area (Å²) in [5, 5.41) is 11.1. The van der Waals surface area contributed by atoms with Crippen molar-refractivity contribution >= 4 is 5.96 Å². The molecule has 5 heteroatoms. The van der Waals surface area contributed by atoms with Crippen molar-refractivity contribution in [2.24, 2.45) is 12.0 Å². The predicted molar refractivity (Wildman–Crippen MR) is 85.3 cm³/mol. The number of nitrogens with one attached hydrogen (secondary N) is 2. The maximum Gasteiger partial charge on any atom is 0.191 e. The van der Waals surface area contributed by atoms with Crippen LogP contribution in [0.1, 0.15) is 44.1 Å². The molecule has 5 nitrogen and oxygen atoms in total. The summed E-state index contributed by atoms with van der Waals surface area (Å²) in [7, 11) is 1.99. The number of hydrogen-bond donors (Lipinski definition) is 2. The van der Waals surface area contributed by atoms with Gasteiger partial charge in [0.1, 0.15) is 0 Å². The molecule has 0 aromatic carbocycles. The molecule has 0 saturated heterocycles. The average molecular weight is 279 g/mol. The van der Waals surface area contributed by atoms with Crippen LogP contribution in [0.15, 0.2) is 4.99 Å². The number of aryl methyl sites for hydroxylation is 2. The van der Waals surface area contributed by atoms with Crippen LogP contribution in [0.5, 0.6) is 0 Å². The minimum absolute atomic E-state index is 0.440. The Labute approximate surface area is 122 Å². The first-order chi connectivity index (χ1) is 9.49. The Morgan fingerprint density at radius 1 is 1.35 bits per heavy atom. The summed E-state index contributed by atoms with van der Waals surface area (Å²) in [6, 6.07) is 0.440. The molecule has 0 aliphatic rings. The van der Waals surface area contributed by atoms with Gasteiger partial charge in [-0.25, -0.2) is 0 Å². The van der Waals surface area contributed by atoms with Crippen molar-refractivity contribution in [2.45, 2.75) is 53.5 Å². The molecule has 0 fully saturated rings. The molecule has 20 heavy (non-hydrogen) atoms. The van der Waals surface area contributed by atoms with Crippen LogP contribution < -0.4 is 10.6 Å². The zero-order valence-electron chi connectivity index (χ0n) is 13.7. The third-order valence-electron chi connectivity index (χ3n) is 3.63. The van der Waals surface area contributed by atoms with Crippen molar-refractivity contribution in [2.75, 3.05) is 13.1 Å². The van der Waals surface area contributed by atoms with Gasteiger partial charge in [-0.15, -0.1) is 0 Å². The van der Waals surface area contributed by atoms with Gasteiger partial charge in [-0.05, 0) is 46.1 Å². The number of nitrogens with zero attached hydrogens (tertiary/aromatic N) is 3. The van der Waals surface area contributed by atoms with Gasteiger partial charge in [-0.2, -0.15) is 5.10 Å². The SMILES string of the molecule is CCNC(=NCCc1c(C)nn(C)c1C)NC(C)CC. The normalized spacial score (nSPS) is 13.4. The van der Waals surface area contributed by atoms with Crippen molar-refractivity contribution in [3.05, 3.63) is 17.0 Å². The van der Waals surface area contributed by atoms with Crippen LogP contribution in [0.2, 0.25) is 0 Å². The van der Waals surface area contributed by atoms with Crippen LogP contribution in [0, 0.1) is 13.8 Å². The molecular formula is C15H29N5. The number of rotatable bonds is 6. The monoisotopic (exact) mass is 279 g/mol. The number of hydrogen-bond acceptors (Lipinski definition) is 2. The molecule has 0 radical (unpaired) electrons. The van der Waals surface area contributed by atoms with Gasteiger partial charge >= 0.3 is 0 Å². The van der Waals surface area contributed by atoms with E-state index in [-0.39, 0.29) is 0 Å². The molecule has 1 unspecified atom stereocenters. The molecule has 0 amide bonds. The molecule has 114 valence electrons. The first-order valence-corrected chi connectivity index (χ1v) is 7.53.